The summed E-state index contributed by atoms with van der Waals surface area (Å²) in [7, 11) is 0. The molecule has 4 aromatic carbocycles. The Morgan fingerprint density at radius 2 is 1.48 bits per heavy atom. The van der Waals surface area contributed by atoms with E-state index in [4.69, 9.17) is 26.7 Å². The van der Waals surface area contributed by atoms with Gasteiger partial charge in [0.1, 0.15) is 29.8 Å². The summed E-state index contributed by atoms with van der Waals surface area (Å²) in [6, 6.07) is 24.1. The van der Waals surface area contributed by atoms with E-state index < -0.39 is 6.04 Å². The molecule has 0 unspecified atom stereocenters. The molecule has 1 amide bonds. The summed E-state index contributed by atoms with van der Waals surface area (Å²) >= 11 is 0. The number of guanidine groups is 1. The van der Waals surface area contributed by atoms with Crippen molar-refractivity contribution in [3.63, 3.8) is 0 Å². The van der Waals surface area contributed by atoms with Crippen molar-refractivity contribution in [3.05, 3.63) is 96.6 Å². The maximum Gasteiger partial charge on any atom is 0.245 e. The fourth-order valence-corrected chi connectivity index (χ4v) is 8.70. The number of nitrogens with one attached hydrogen (secondary N) is 1. The number of benzene rings is 4. The highest BCUT2D eigenvalue weighted by atomic mass is 16.5. The topological polar surface area (TPSA) is 199 Å². The van der Waals surface area contributed by atoms with Crippen LogP contribution >= 0.6 is 0 Å². The van der Waals surface area contributed by atoms with Gasteiger partial charge in [-0.25, -0.2) is 4.68 Å². The quantitative estimate of drug-likeness (QED) is 0.0279. The number of aliphatic imine (C=N–C) groups is 1. The van der Waals surface area contributed by atoms with Crippen molar-refractivity contribution in [2.45, 2.75) is 116 Å². The van der Waals surface area contributed by atoms with Gasteiger partial charge in [-0.1, -0.05) is 117 Å². The number of rotatable bonds is 23. The van der Waals surface area contributed by atoms with Gasteiger partial charge in [0.15, 0.2) is 5.96 Å². The fraction of sp³-hybridized carbons (Fsp3) is 0.469. The highest BCUT2D eigenvalue weighted by Gasteiger charge is 2.26. The van der Waals surface area contributed by atoms with Crippen LogP contribution in [0.25, 0.3) is 32.7 Å². The SMILES string of the molecule is CC(C)CCOc1ccc2ccccc2c1-c1c(OCc2cn([C@H](CCCCN)C(=O)N[C@H](CCCN=C(N)N)Cn3cc(CC4CCCCC4)nn3)nn2)ccc2ccccc12. The highest BCUT2D eigenvalue weighted by molar-refractivity contribution is 6.09. The zero-order valence-corrected chi connectivity index (χ0v) is 37.0. The lowest BCUT2D eigenvalue weighted by Crippen LogP contribution is -2.42. The lowest BCUT2D eigenvalue weighted by atomic mass is 9.86. The van der Waals surface area contributed by atoms with Gasteiger partial charge in [-0.3, -0.25) is 14.5 Å². The number of hydrogen-bond acceptors (Lipinski definition) is 9. The number of hydrogen-bond donors (Lipinski definition) is 4. The van der Waals surface area contributed by atoms with E-state index in [2.05, 4.69) is 105 Å². The van der Waals surface area contributed by atoms with E-state index in [9.17, 15) is 4.79 Å². The van der Waals surface area contributed by atoms with E-state index in [0.29, 0.717) is 68.8 Å². The van der Waals surface area contributed by atoms with Gasteiger partial charge < -0.3 is 32.0 Å². The molecule has 0 radical (unpaired) electrons. The van der Waals surface area contributed by atoms with Crippen LogP contribution in [0, 0.1) is 11.8 Å². The standard InChI is InChI=1S/C49H65N11O3/c1-34(2)25-28-62-44-23-21-36-15-6-8-18-41(36)46(44)47-42-19-9-7-16-37(42)22-24-45(47)63-33-40-32-60(58-56-40)43(20-10-11-26-50)48(61)54-38(17-12-27-53-49(51)52)30-59-31-39(55-57-59)29-35-13-4-3-5-14-35/h6-9,15-16,18-19,21-24,31-32,34-35,38,43H,3-5,10-14,17,20,25-30,33,50H2,1-2H3,(H,54,61)(H4,51,52,53)/t38-,43-/m1/s1. The maximum absolute atomic E-state index is 14.3. The molecule has 0 saturated heterocycles. The number of amides is 1. The normalized spacial score (nSPS) is 14.2. The van der Waals surface area contributed by atoms with Crippen LogP contribution in [0.1, 0.15) is 102 Å². The average molecular weight is 856 g/mol. The van der Waals surface area contributed by atoms with Crippen LogP contribution in [0.4, 0.5) is 0 Å². The van der Waals surface area contributed by atoms with Gasteiger partial charge in [-0.05, 0) is 97.0 Å². The molecule has 63 heavy (non-hydrogen) atoms. The third kappa shape index (κ3) is 12.3. The number of nitrogens with two attached hydrogens (primary N) is 3. The van der Waals surface area contributed by atoms with E-state index in [1.54, 1.807) is 4.68 Å². The second kappa shape index (κ2) is 22.4. The molecule has 2 aromatic heterocycles. The molecule has 0 spiro atoms. The molecule has 1 aliphatic carbocycles. The second-order valence-corrected chi connectivity index (χ2v) is 17.4. The van der Waals surface area contributed by atoms with Crippen molar-refractivity contribution < 1.29 is 14.3 Å². The van der Waals surface area contributed by atoms with Crippen LogP contribution < -0.4 is 32.0 Å². The second-order valence-electron chi connectivity index (χ2n) is 17.4. The summed E-state index contributed by atoms with van der Waals surface area (Å²) in [6.45, 7) is 6.60. The van der Waals surface area contributed by atoms with E-state index in [0.717, 1.165) is 69.8 Å². The predicted molar refractivity (Wildman–Crippen MR) is 250 cm³/mol. The van der Waals surface area contributed by atoms with E-state index in [-0.39, 0.29) is 24.5 Å². The number of aromatic nitrogens is 6. The molecule has 2 atom stereocenters. The third-order valence-corrected chi connectivity index (χ3v) is 12.0. The summed E-state index contributed by atoms with van der Waals surface area (Å²) in [6.07, 6.45) is 15.4. The van der Waals surface area contributed by atoms with Gasteiger partial charge in [-0.2, -0.15) is 0 Å². The van der Waals surface area contributed by atoms with Crippen LogP contribution in [0.2, 0.25) is 0 Å². The zero-order chi connectivity index (χ0) is 44.0. The van der Waals surface area contributed by atoms with Crippen molar-refractivity contribution >= 4 is 33.4 Å². The van der Waals surface area contributed by atoms with Crippen LogP contribution in [-0.2, 0) is 24.4 Å². The summed E-state index contributed by atoms with van der Waals surface area (Å²) in [4.78, 5) is 18.5. The minimum atomic E-state index is -0.618. The number of unbranched alkanes of at least 4 members (excludes halogenated alkanes) is 1. The third-order valence-electron chi connectivity index (χ3n) is 12.0. The molecule has 14 heteroatoms. The minimum absolute atomic E-state index is 0.0476. The molecule has 1 aliphatic rings. The molecule has 7 rings (SSSR count). The summed E-state index contributed by atoms with van der Waals surface area (Å²) in [5, 5.41) is 25.7. The summed E-state index contributed by atoms with van der Waals surface area (Å²) < 4.78 is 16.8. The first-order chi connectivity index (χ1) is 30.7. The molecule has 2 heterocycles. The fourth-order valence-electron chi connectivity index (χ4n) is 8.70. The van der Waals surface area contributed by atoms with E-state index in [1.807, 2.05) is 29.2 Å². The Labute approximate surface area is 371 Å². The number of carbonyl (C=O) groups is 1. The Kier molecular flexibility index (Phi) is 16.0. The number of carbonyl (C=O) groups excluding carboxylic acids is 1. The van der Waals surface area contributed by atoms with Crippen molar-refractivity contribution in [1.82, 2.24) is 35.3 Å². The molecule has 7 N–H and O–H groups in total. The average Bonchev–Trinajstić information content (AvgIpc) is 3.95. The highest BCUT2D eigenvalue weighted by Crippen LogP contribution is 2.45. The monoisotopic (exact) mass is 856 g/mol. The zero-order valence-electron chi connectivity index (χ0n) is 37.0. The molecular formula is C49H65N11O3. The van der Waals surface area contributed by atoms with E-state index in [1.165, 1.54) is 32.1 Å². The lowest BCUT2D eigenvalue weighted by Gasteiger charge is -2.23. The van der Waals surface area contributed by atoms with Crippen LogP contribution in [-0.4, -0.2) is 67.6 Å². The molecule has 1 fully saturated rings. The minimum Gasteiger partial charge on any atom is -0.493 e. The Hall–Kier alpha value is -6.02. The van der Waals surface area contributed by atoms with Crippen LogP contribution in [0.3, 0.4) is 0 Å². The van der Waals surface area contributed by atoms with E-state index >= 15 is 0 Å². The largest absolute Gasteiger partial charge is 0.493 e. The Balaban J connectivity index is 1.12. The molecule has 6 aromatic rings. The first-order valence-corrected chi connectivity index (χ1v) is 22.9. The Morgan fingerprint density at radius 1 is 0.794 bits per heavy atom. The van der Waals surface area contributed by atoms with Gasteiger partial charge in [-0.15, -0.1) is 10.2 Å². The van der Waals surface area contributed by atoms with Crippen molar-refractivity contribution in [3.8, 4) is 22.6 Å². The van der Waals surface area contributed by atoms with Crippen molar-refractivity contribution in [1.29, 1.82) is 0 Å². The van der Waals surface area contributed by atoms with Gasteiger partial charge in [0.25, 0.3) is 0 Å². The van der Waals surface area contributed by atoms with Gasteiger partial charge in [0.05, 0.1) is 25.0 Å². The first-order valence-electron chi connectivity index (χ1n) is 22.9. The van der Waals surface area contributed by atoms with Gasteiger partial charge >= 0.3 is 0 Å². The van der Waals surface area contributed by atoms with Gasteiger partial charge in [0, 0.05) is 29.9 Å². The van der Waals surface area contributed by atoms with Crippen molar-refractivity contribution in [2.24, 2.45) is 34.0 Å². The molecule has 0 aliphatic heterocycles. The molecule has 0 bridgehead atoms. The Bertz CT molecular complexity index is 2410. The summed E-state index contributed by atoms with van der Waals surface area (Å²) in [5.41, 5.74) is 20.7. The van der Waals surface area contributed by atoms with Gasteiger partial charge in [0.2, 0.25) is 5.91 Å². The maximum atomic E-state index is 14.3. The molecular weight excluding hydrogens is 791 g/mol. The number of fused-ring (bicyclic) bond motifs is 2. The smallest absolute Gasteiger partial charge is 0.245 e. The van der Waals surface area contributed by atoms with Crippen LogP contribution in [0.15, 0.2) is 90.2 Å². The molecule has 334 valence electrons. The first kappa shape index (κ1) is 45.0. The van der Waals surface area contributed by atoms with Crippen LogP contribution in [0.5, 0.6) is 11.5 Å². The lowest BCUT2D eigenvalue weighted by molar-refractivity contribution is -0.125. The number of ether oxygens (including phenoxy) is 2. The van der Waals surface area contributed by atoms with Crippen molar-refractivity contribution in [2.75, 3.05) is 19.7 Å². The number of nitrogens with zero attached hydrogens (tertiary/aromatic N) is 7. The Morgan fingerprint density at radius 3 is 2.16 bits per heavy atom. The molecule has 1 saturated carbocycles. The molecule has 14 nitrogen and oxygen atoms in total. The predicted octanol–water partition coefficient (Wildman–Crippen LogP) is 7.88. The summed E-state index contributed by atoms with van der Waals surface area (Å²) in [5.74, 6) is 2.56.